The van der Waals surface area contributed by atoms with Crippen molar-refractivity contribution in [2.24, 2.45) is 0 Å². The molecule has 1 heterocycles. The summed E-state index contributed by atoms with van der Waals surface area (Å²) in [5.74, 6) is 0. The van der Waals surface area contributed by atoms with Gasteiger partial charge >= 0.3 is 0 Å². The summed E-state index contributed by atoms with van der Waals surface area (Å²) in [6.07, 6.45) is 6.22. The first-order valence-corrected chi connectivity index (χ1v) is 3.53. The molecule has 0 aliphatic carbocycles. The summed E-state index contributed by atoms with van der Waals surface area (Å²) in [7, 11) is 0. The Morgan fingerprint density at radius 2 is 2.36 bits per heavy atom. The van der Waals surface area contributed by atoms with Gasteiger partial charge in [0.05, 0.1) is 6.61 Å². The molecule has 0 amide bonds. The fraction of sp³-hybridized carbons (Fsp3) is 0.500. The van der Waals surface area contributed by atoms with Crippen molar-refractivity contribution in [3.8, 4) is 0 Å². The molecule has 0 saturated heterocycles. The highest BCUT2D eigenvalue weighted by molar-refractivity contribution is 14.0. The van der Waals surface area contributed by atoms with Crippen LogP contribution in [0.3, 0.4) is 0 Å². The van der Waals surface area contributed by atoms with Gasteiger partial charge in [0.15, 0.2) is 0 Å². The number of halogens is 1. The van der Waals surface area contributed by atoms with E-state index in [1.54, 1.807) is 0 Å². The molecule has 0 spiro atoms. The smallest absolute Gasteiger partial charge is 0.0606 e. The van der Waals surface area contributed by atoms with Crippen LogP contribution >= 0.6 is 24.0 Å². The van der Waals surface area contributed by atoms with Crippen LogP contribution in [0.2, 0.25) is 0 Å². The Hall–Kier alpha value is -0.0300. The summed E-state index contributed by atoms with van der Waals surface area (Å²) < 4.78 is 0. The number of hydrogen-bond acceptors (Lipinski definition) is 2. The molecule has 11 heavy (non-hydrogen) atoms. The van der Waals surface area contributed by atoms with E-state index in [9.17, 15) is 0 Å². The maximum absolute atomic E-state index is 8.59. The Morgan fingerprint density at radius 1 is 1.64 bits per heavy atom. The fourth-order valence-corrected chi connectivity index (χ4v) is 0.907. The maximum Gasteiger partial charge on any atom is 0.0606 e. The lowest BCUT2D eigenvalue weighted by Crippen LogP contribution is -2.22. The minimum absolute atomic E-state index is 0. The monoisotopic (exact) mass is 267 g/mol. The van der Waals surface area contributed by atoms with E-state index in [0.717, 1.165) is 13.1 Å². The molecule has 1 aliphatic rings. The first-order chi connectivity index (χ1) is 4.83. The Balaban J connectivity index is 0.000001000. The van der Waals surface area contributed by atoms with Crippen LogP contribution in [0.15, 0.2) is 23.9 Å². The SMILES string of the molecule is CC1=CCN(CCO)C=C1.I. The lowest BCUT2D eigenvalue weighted by atomic mass is 10.2. The van der Waals surface area contributed by atoms with E-state index in [2.05, 4.69) is 24.0 Å². The number of aliphatic hydroxyl groups is 1. The first-order valence-electron chi connectivity index (χ1n) is 3.53. The van der Waals surface area contributed by atoms with Crippen LogP contribution in [0, 0.1) is 0 Å². The second-order valence-corrected chi connectivity index (χ2v) is 2.48. The van der Waals surface area contributed by atoms with E-state index in [-0.39, 0.29) is 30.6 Å². The number of nitrogens with zero attached hydrogens (tertiary/aromatic N) is 1. The molecule has 64 valence electrons. The number of hydrogen-bond donors (Lipinski definition) is 1. The lowest BCUT2D eigenvalue weighted by Gasteiger charge is -2.20. The summed E-state index contributed by atoms with van der Waals surface area (Å²) in [5.41, 5.74) is 1.30. The van der Waals surface area contributed by atoms with Gasteiger partial charge in [0.1, 0.15) is 0 Å². The molecule has 0 aromatic carbocycles. The second kappa shape index (κ2) is 5.60. The van der Waals surface area contributed by atoms with Gasteiger partial charge in [0.25, 0.3) is 0 Å². The predicted molar refractivity (Wildman–Crippen MR) is 57.0 cm³/mol. The van der Waals surface area contributed by atoms with Crippen molar-refractivity contribution in [2.45, 2.75) is 6.92 Å². The van der Waals surface area contributed by atoms with Crippen molar-refractivity contribution in [3.05, 3.63) is 23.9 Å². The van der Waals surface area contributed by atoms with Gasteiger partial charge in [-0.3, -0.25) is 0 Å². The van der Waals surface area contributed by atoms with Gasteiger partial charge in [-0.05, 0) is 19.2 Å². The third-order valence-electron chi connectivity index (χ3n) is 1.58. The second-order valence-electron chi connectivity index (χ2n) is 2.48. The minimum Gasteiger partial charge on any atom is -0.395 e. The van der Waals surface area contributed by atoms with Gasteiger partial charge in [-0.25, -0.2) is 0 Å². The molecule has 0 radical (unpaired) electrons. The van der Waals surface area contributed by atoms with Gasteiger partial charge in [-0.15, -0.1) is 24.0 Å². The van der Waals surface area contributed by atoms with Gasteiger partial charge < -0.3 is 10.0 Å². The zero-order valence-electron chi connectivity index (χ0n) is 6.66. The molecule has 0 fully saturated rings. The zero-order valence-corrected chi connectivity index (χ0v) is 8.99. The Kier molecular flexibility index (Phi) is 5.58. The van der Waals surface area contributed by atoms with Crippen LogP contribution in [0.5, 0.6) is 0 Å². The summed E-state index contributed by atoms with van der Waals surface area (Å²) >= 11 is 0. The third kappa shape index (κ3) is 3.76. The normalized spacial score (nSPS) is 15.8. The largest absolute Gasteiger partial charge is 0.395 e. The summed E-state index contributed by atoms with van der Waals surface area (Å²) in [6, 6.07) is 0. The van der Waals surface area contributed by atoms with Crippen LogP contribution in [0.1, 0.15) is 6.92 Å². The van der Waals surface area contributed by atoms with Crippen LogP contribution < -0.4 is 0 Å². The van der Waals surface area contributed by atoms with Crippen molar-refractivity contribution < 1.29 is 5.11 Å². The molecule has 2 nitrogen and oxygen atoms in total. The highest BCUT2D eigenvalue weighted by Gasteiger charge is 1.99. The van der Waals surface area contributed by atoms with Crippen molar-refractivity contribution in [1.29, 1.82) is 0 Å². The van der Waals surface area contributed by atoms with Crippen LogP contribution in [0.4, 0.5) is 0 Å². The van der Waals surface area contributed by atoms with E-state index in [0.29, 0.717) is 0 Å². The minimum atomic E-state index is 0. The molecule has 0 atom stereocenters. The van der Waals surface area contributed by atoms with Crippen molar-refractivity contribution in [3.63, 3.8) is 0 Å². The van der Waals surface area contributed by atoms with Crippen LogP contribution in [-0.2, 0) is 0 Å². The number of allylic oxidation sites excluding steroid dienone is 2. The molecule has 0 unspecified atom stereocenters. The van der Waals surface area contributed by atoms with E-state index in [1.807, 2.05) is 6.20 Å². The number of aliphatic hydroxyl groups excluding tert-OH is 1. The third-order valence-corrected chi connectivity index (χ3v) is 1.58. The maximum atomic E-state index is 8.59. The van der Waals surface area contributed by atoms with Gasteiger partial charge in [-0.2, -0.15) is 0 Å². The van der Waals surface area contributed by atoms with Crippen LogP contribution in [-0.4, -0.2) is 29.7 Å². The summed E-state index contributed by atoms with van der Waals surface area (Å²) in [5, 5.41) is 8.59. The van der Waals surface area contributed by atoms with E-state index in [4.69, 9.17) is 5.11 Å². The van der Waals surface area contributed by atoms with Crippen molar-refractivity contribution in [2.75, 3.05) is 19.7 Å². The summed E-state index contributed by atoms with van der Waals surface area (Å²) in [4.78, 5) is 2.08. The fourth-order valence-electron chi connectivity index (χ4n) is 0.907. The van der Waals surface area contributed by atoms with Gasteiger partial charge in [-0.1, -0.05) is 11.6 Å². The van der Waals surface area contributed by atoms with E-state index >= 15 is 0 Å². The highest BCUT2D eigenvalue weighted by Crippen LogP contribution is 2.04. The zero-order chi connectivity index (χ0) is 7.40. The predicted octanol–water partition coefficient (Wildman–Crippen LogP) is 1.37. The number of rotatable bonds is 2. The molecule has 1 N–H and O–H groups in total. The molecular formula is C8H14INO. The molecule has 0 bridgehead atoms. The van der Waals surface area contributed by atoms with Crippen molar-refractivity contribution in [1.82, 2.24) is 4.90 Å². The average molecular weight is 267 g/mol. The Labute approximate surface area is 84.6 Å². The Morgan fingerprint density at radius 3 is 2.82 bits per heavy atom. The molecule has 3 heteroatoms. The quantitative estimate of drug-likeness (QED) is 0.764. The molecule has 1 aliphatic heterocycles. The molecule has 0 aromatic rings. The molecular weight excluding hydrogens is 253 g/mol. The van der Waals surface area contributed by atoms with E-state index < -0.39 is 0 Å². The average Bonchev–Trinajstić information content (AvgIpc) is 1.95. The van der Waals surface area contributed by atoms with Gasteiger partial charge in [0, 0.05) is 13.1 Å². The van der Waals surface area contributed by atoms with Crippen LogP contribution in [0.25, 0.3) is 0 Å². The first kappa shape index (κ1) is 11.0. The molecule has 0 saturated carbocycles. The topological polar surface area (TPSA) is 23.5 Å². The van der Waals surface area contributed by atoms with E-state index in [1.165, 1.54) is 5.57 Å². The standard InChI is InChI=1S/C8H13NO.HI/c1-8-2-4-9(5-3-8)6-7-10;/h2-4,10H,5-7H2,1H3;1H. The lowest BCUT2D eigenvalue weighted by molar-refractivity contribution is 0.244. The molecule has 1 rings (SSSR count). The highest BCUT2D eigenvalue weighted by atomic mass is 127. The van der Waals surface area contributed by atoms with Crippen molar-refractivity contribution >= 4 is 24.0 Å². The summed E-state index contributed by atoms with van der Waals surface area (Å²) in [6.45, 7) is 3.98. The van der Waals surface area contributed by atoms with Gasteiger partial charge in [0.2, 0.25) is 0 Å². The molecule has 0 aromatic heterocycles. The number of β-amino-alcohol motifs (C(OH)–C–C–N with tert-alkyl or cyclic N) is 1. The Bertz CT molecular complexity index is 165.